The van der Waals surface area contributed by atoms with Gasteiger partial charge in [0.25, 0.3) is 0 Å². The van der Waals surface area contributed by atoms with Gasteiger partial charge in [0.05, 0.1) is 5.02 Å². The maximum Gasteiger partial charge on any atom is 0.145 e. The van der Waals surface area contributed by atoms with Crippen LogP contribution in [0.2, 0.25) is 5.02 Å². The summed E-state index contributed by atoms with van der Waals surface area (Å²) in [6.45, 7) is 5.42. The highest BCUT2D eigenvalue weighted by Gasteiger charge is 2.44. The molecule has 1 N–H and O–H groups in total. The zero-order valence-electron chi connectivity index (χ0n) is 11.1. The van der Waals surface area contributed by atoms with Crippen LogP contribution in [-0.2, 0) is 6.42 Å². The first kappa shape index (κ1) is 13.8. The summed E-state index contributed by atoms with van der Waals surface area (Å²) in [7, 11) is 0. The van der Waals surface area contributed by atoms with Crippen LogP contribution >= 0.6 is 11.6 Å². The smallest absolute Gasteiger partial charge is 0.145 e. The van der Waals surface area contributed by atoms with Crippen molar-refractivity contribution in [2.45, 2.75) is 45.6 Å². The van der Waals surface area contributed by atoms with Gasteiger partial charge in [-0.1, -0.05) is 37.6 Å². The van der Waals surface area contributed by atoms with Gasteiger partial charge in [-0.2, -0.15) is 0 Å². The summed E-state index contributed by atoms with van der Waals surface area (Å²) >= 11 is 5.84. The van der Waals surface area contributed by atoms with Crippen molar-refractivity contribution < 1.29 is 4.39 Å². The fourth-order valence-corrected chi connectivity index (χ4v) is 2.55. The van der Waals surface area contributed by atoms with Gasteiger partial charge in [-0.05, 0) is 49.3 Å². The van der Waals surface area contributed by atoms with Crippen LogP contribution < -0.4 is 5.32 Å². The average molecular weight is 270 g/mol. The maximum atomic E-state index is 13.9. The fraction of sp³-hybridized carbons (Fsp3) is 0.600. The molecule has 0 aromatic heterocycles. The van der Waals surface area contributed by atoms with Crippen LogP contribution in [0, 0.1) is 11.2 Å². The van der Waals surface area contributed by atoms with E-state index in [1.54, 1.807) is 6.07 Å². The predicted octanol–water partition coefficient (Wildman–Crippen LogP) is 4.19. The summed E-state index contributed by atoms with van der Waals surface area (Å²) < 4.78 is 13.9. The summed E-state index contributed by atoms with van der Waals surface area (Å²) in [4.78, 5) is 0. The topological polar surface area (TPSA) is 12.0 Å². The second-order valence-electron chi connectivity index (χ2n) is 5.58. The second kappa shape index (κ2) is 5.58. The van der Waals surface area contributed by atoms with Gasteiger partial charge in [-0.15, -0.1) is 0 Å². The molecule has 0 saturated heterocycles. The first-order valence-electron chi connectivity index (χ1n) is 6.73. The summed E-state index contributed by atoms with van der Waals surface area (Å²) in [6, 6.07) is 5.62. The molecule has 1 aliphatic carbocycles. The minimum absolute atomic E-state index is 0.225. The van der Waals surface area contributed by atoms with Crippen LogP contribution in [0.25, 0.3) is 0 Å². The van der Waals surface area contributed by atoms with Crippen molar-refractivity contribution in [1.29, 1.82) is 0 Å². The van der Waals surface area contributed by atoms with Crippen LogP contribution in [0.3, 0.4) is 0 Å². The van der Waals surface area contributed by atoms with Crippen molar-refractivity contribution >= 4 is 11.6 Å². The minimum atomic E-state index is -0.258. The van der Waals surface area contributed by atoms with E-state index < -0.39 is 0 Å². The van der Waals surface area contributed by atoms with Crippen molar-refractivity contribution in [2.75, 3.05) is 6.54 Å². The highest BCUT2D eigenvalue weighted by Crippen LogP contribution is 2.49. The fourth-order valence-electron chi connectivity index (χ4n) is 2.36. The molecule has 18 heavy (non-hydrogen) atoms. The number of halogens is 2. The van der Waals surface area contributed by atoms with Gasteiger partial charge in [0.2, 0.25) is 0 Å². The largest absolute Gasteiger partial charge is 0.313 e. The van der Waals surface area contributed by atoms with Crippen LogP contribution in [0.5, 0.6) is 0 Å². The molecule has 1 fully saturated rings. The Bertz CT molecular complexity index is 415. The second-order valence-corrected chi connectivity index (χ2v) is 5.99. The molecule has 0 radical (unpaired) electrons. The third-order valence-corrected chi connectivity index (χ3v) is 4.27. The highest BCUT2D eigenvalue weighted by molar-refractivity contribution is 6.30. The van der Waals surface area contributed by atoms with Gasteiger partial charge in [0, 0.05) is 6.04 Å². The van der Waals surface area contributed by atoms with E-state index in [1.165, 1.54) is 12.8 Å². The van der Waals surface area contributed by atoms with Crippen molar-refractivity contribution in [3.05, 3.63) is 34.6 Å². The molecule has 1 nitrogen and oxygen atoms in total. The lowest BCUT2D eigenvalue weighted by Gasteiger charge is -2.25. The monoisotopic (exact) mass is 269 g/mol. The standard InChI is InChI=1S/C15H21ClFN/c1-3-9-18-13(15(2)7-8-15)10-11-5-4-6-12(16)14(11)17/h4-6,13,18H,3,7-10H2,1-2H3. The lowest BCUT2D eigenvalue weighted by Crippen LogP contribution is -2.38. The summed E-state index contributed by atoms with van der Waals surface area (Å²) in [5, 5.41) is 3.78. The third kappa shape index (κ3) is 3.04. The number of hydrogen-bond acceptors (Lipinski definition) is 1. The van der Waals surface area contributed by atoms with E-state index in [9.17, 15) is 4.39 Å². The molecule has 1 unspecified atom stereocenters. The van der Waals surface area contributed by atoms with Gasteiger partial charge in [0.1, 0.15) is 5.82 Å². The number of hydrogen-bond donors (Lipinski definition) is 1. The number of rotatable bonds is 6. The van der Waals surface area contributed by atoms with Gasteiger partial charge < -0.3 is 5.32 Å². The van der Waals surface area contributed by atoms with Crippen molar-refractivity contribution in [3.8, 4) is 0 Å². The summed E-state index contributed by atoms with van der Waals surface area (Å²) in [5.41, 5.74) is 1.06. The first-order valence-corrected chi connectivity index (χ1v) is 7.11. The summed E-state index contributed by atoms with van der Waals surface area (Å²) in [6.07, 6.45) is 4.29. The molecule has 1 atom stereocenters. The van der Waals surface area contributed by atoms with E-state index in [0.29, 0.717) is 11.5 Å². The van der Waals surface area contributed by atoms with Crippen LogP contribution in [0.4, 0.5) is 4.39 Å². The molecule has 1 saturated carbocycles. The normalized spacial score (nSPS) is 18.7. The lowest BCUT2D eigenvalue weighted by molar-refractivity contribution is 0.351. The molecular weight excluding hydrogens is 249 g/mol. The Morgan fingerprint density at radius 1 is 1.44 bits per heavy atom. The Morgan fingerprint density at radius 2 is 2.17 bits per heavy atom. The third-order valence-electron chi connectivity index (χ3n) is 3.98. The summed E-state index contributed by atoms with van der Waals surface area (Å²) in [5.74, 6) is -0.258. The predicted molar refractivity (Wildman–Crippen MR) is 74.5 cm³/mol. The average Bonchev–Trinajstić information content (AvgIpc) is 3.09. The molecule has 1 aliphatic rings. The molecule has 3 heteroatoms. The number of benzene rings is 1. The molecule has 0 bridgehead atoms. The van der Waals surface area contributed by atoms with E-state index in [-0.39, 0.29) is 10.8 Å². The zero-order chi connectivity index (χ0) is 13.2. The Hall–Kier alpha value is -0.600. The lowest BCUT2D eigenvalue weighted by atomic mass is 9.92. The van der Waals surface area contributed by atoms with Gasteiger partial charge >= 0.3 is 0 Å². The van der Waals surface area contributed by atoms with E-state index in [0.717, 1.165) is 24.9 Å². The quantitative estimate of drug-likeness (QED) is 0.817. The SMILES string of the molecule is CCCNC(Cc1cccc(Cl)c1F)C1(C)CC1. The van der Waals surface area contributed by atoms with Gasteiger partial charge in [0.15, 0.2) is 0 Å². The molecule has 1 aromatic rings. The Balaban J connectivity index is 2.10. The molecular formula is C15H21ClFN. The minimum Gasteiger partial charge on any atom is -0.313 e. The van der Waals surface area contributed by atoms with Crippen LogP contribution in [0.15, 0.2) is 18.2 Å². The molecule has 0 spiro atoms. The van der Waals surface area contributed by atoms with Crippen molar-refractivity contribution in [3.63, 3.8) is 0 Å². The molecule has 0 aliphatic heterocycles. The first-order chi connectivity index (χ1) is 8.57. The molecule has 0 heterocycles. The van der Waals surface area contributed by atoms with Gasteiger partial charge in [-0.25, -0.2) is 4.39 Å². The Morgan fingerprint density at radius 3 is 2.78 bits per heavy atom. The zero-order valence-corrected chi connectivity index (χ0v) is 11.9. The molecule has 2 rings (SSSR count). The molecule has 100 valence electrons. The van der Waals surface area contributed by atoms with E-state index in [2.05, 4.69) is 19.2 Å². The van der Waals surface area contributed by atoms with Crippen molar-refractivity contribution in [2.24, 2.45) is 5.41 Å². The van der Waals surface area contributed by atoms with E-state index in [4.69, 9.17) is 11.6 Å². The number of nitrogens with one attached hydrogen (secondary N) is 1. The van der Waals surface area contributed by atoms with Crippen molar-refractivity contribution in [1.82, 2.24) is 5.32 Å². The Kier molecular flexibility index (Phi) is 4.29. The Labute approximate surface area is 114 Å². The maximum absolute atomic E-state index is 13.9. The molecule has 1 aromatic carbocycles. The van der Waals surface area contributed by atoms with Gasteiger partial charge in [-0.3, -0.25) is 0 Å². The highest BCUT2D eigenvalue weighted by atomic mass is 35.5. The van der Waals surface area contributed by atoms with E-state index in [1.807, 2.05) is 12.1 Å². The van der Waals surface area contributed by atoms with Crippen LogP contribution in [0.1, 0.15) is 38.7 Å². The molecule has 0 amide bonds. The van der Waals surface area contributed by atoms with Crippen LogP contribution in [-0.4, -0.2) is 12.6 Å². The van der Waals surface area contributed by atoms with E-state index >= 15 is 0 Å².